The quantitative estimate of drug-likeness (QED) is 0.667. The Labute approximate surface area is 171 Å². The number of hydrogen-bond acceptors (Lipinski definition) is 4. The molecule has 0 atom stereocenters. The van der Waals surface area contributed by atoms with Crippen LogP contribution in [-0.4, -0.2) is 38.2 Å². The third-order valence-electron chi connectivity index (χ3n) is 5.45. The Bertz CT molecular complexity index is 806. The van der Waals surface area contributed by atoms with E-state index in [1.54, 1.807) is 24.3 Å². The molecule has 5 nitrogen and oxygen atoms in total. The lowest BCUT2D eigenvalue weighted by Crippen LogP contribution is -2.41. The van der Waals surface area contributed by atoms with Crippen LogP contribution in [0.25, 0.3) is 0 Å². The summed E-state index contributed by atoms with van der Waals surface area (Å²) in [5.74, 6) is 0.963. The number of hydrogen-bond donors (Lipinski definition) is 0. The first-order chi connectivity index (χ1) is 14.1. The van der Waals surface area contributed by atoms with E-state index in [1.807, 2.05) is 4.90 Å². The van der Waals surface area contributed by atoms with Crippen LogP contribution in [0.1, 0.15) is 48.0 Å². The maximum Gasteiger partial charge on any atom is 0.254 e. The Hall–Kier alpha value is -2.76. The molecule has 0 aromatic heterocycles. The number of carbonyl (C=O) groups excluding carboxylic acids is 1. The monoisotopic (exact) mass is 401 g/mol. The maximum absolute atomic E-state index is 13.6. The van der Waals surface area contributed by atoms with Crippen LogP contribution in [0.4, 0.5) is 4.39 Å². The number of carbonyl (C=O) groups is 1. The van der Waals surface area contributed by atoms with Gasteiger partial charge in [0.2, 0.25) is 5.75 Å². The molecule has 2 aromatic rings. The van der Waals surface area contributed by atoms with E-state index in [0.717, 1.165) is 31.2 Å². The minimum Gasteiger partial charge on any atom is -0.493 e. The van der Waals surface area contributed by atoms with E-state index in [2.05, 4.69) is 0 Å². The summed E-state index contributed by atoms with van der Waals surface area (Å²) in [6.07, 6.45) is 5.34. The summed E-state index contributed by atoms with van der Waals surface area (Å²) in [7, 11) is 4.59. The number of halogens is 1. The maximum atomic E-state index is 13.6. The minimum absolute atomic E-state index is 0.0968. The number of nitrogens with zero attached hydrogens (tertiary/aromatic N) is 1. The van der Waals surface area contributed by atoms with Crippen molar-refractivity contribution in [3.8, 4) is 17.2 Å². The zero-order valence-electron chi connectivity index (χ0n) is 17.2. The number of amides is 1. The Morgan fingerprint density at radius 2 is 1.55 bits per heavy atom. The molecule has 0 bridgehead atoms. The summed E-state index contributed by atoms with van der Waals surface area (Å²) >= 11 is 0. The van der Waals surface area contributed by atoms with Crippen LogP contribution in [0.3, 0.4) is 0 Å². The molecule has 0 N–H and O–H groups in total. The molecule has 0 unspecified atom stereocenters. The van der Waals surface area contributed by atoms with Gasteiger partial charge >= 0.3 is 0 Å². The lowest BCUT2D eigenvalue weighted by Gasteiger charge is -2.35. The Morgan fingerprint density at radius 3 is 2.07 bits per heavy atom. The standard InChI is InChI=1S/C23H28FNO4/c1-27-20-13-17(14-21(28-2)22(20)29-3)23(26)25(19-7-5-4-6-8-19)15-16-9-11-18(24)12-10-16/h9-14,19H,4-8,15H2,1-3H3. The molecule has 1 amide bonds. The molecule has 0 spiro atoms. The smallest absolute Gasteiger partial charge is 0.254 e. The van der Waals surface area contributed by atoms with E-state index in [-0.39, 0.29) is 17.8 Å². The van der Waals surface area contributed by atoms with E-state index in [9.17, 15) is 9.18 Å². The van der Waals surface area contributed by atoms with Crippen LogP contribution in [0.5, 0.6) is 17.2 Å². The van der Waals surface area contributed by atoms with Gasteiger partial charge < -0.3 is 19.1 Å². The fourth-order valence-corrected chi connectivity index (χ4v) is 3.92. The van der Waals surface area contributed by atoms with Gasteiger partial charge in [-0.25, -0.2) is 4.39 Å². The number of benzene rings is 2. The highest BCUT2D eigenvalue weighted by Gasteiger charge is 2.28. The molecule has 29 heavy (non-hydrogen) atoms. The van der Waals surface area contributed by atoms with Gasteiger partial charge in [0, 0.05) is 18.2 Å². The second kappa shape index (κ2) is 9.63. The van der Waals surface area contributed by atoms with Crippen LogP contribution >= 0.6 is 0 Å². The van der Waals surface area contributed by atoms with Gasteiger partial charge in [-0.2, -0.15) is 0 Å². The molecule has 0 radical (unpaired) electrons. The number of methoxy groups -OCH3 is 3. The molecule has 1 saturated carbocycles. The minimum atomic E-state index is -0.283. The van der Waals surface area contributed by atoms with Crippen molar-refractivity contribution in [1.29, 1.82) is 0 Å². The molecule has 3 rings (SSSR count). The van der Waals surface area contributed by atoms with Gasteiger partial charge in [0.05, 0.1) is 21.3 Å². The molecule has 6 heteroatoms. The van der Waals surface area contributed by atoms with Gasteiger partial charge in [-0.15, -0.1) is 0 Å². The van der Waals surface area contributed by atoms with E-state index in [0.29, 0.717) is 29.4 Å². The Morgan fingerprint density at radius 1 is 0.966 bits per heavy atom. The summed E-state index contributed by atoms with van der Waals surface area (Å²) in [6, 6.07) is 9.84. The number of ether oxygens (including phenoxy) is 3. The van der Waals surface area contributed by atoms with Crippen molar-refractivity contribution < 1.29 is 23.4 Å². The number of rotatable bonds is 7. The highest BCUT2D eigenvalue weighted by molar-refractivity contribution is 5.96. The second-order valence-electron chi connectivity index (χ2n) is 7.27. The summed E-state index contributed by atoms with van der Waals surface area (Å²) in [5.41, 5.74) is 1.38. The van der Waals surface area contributed by atoms with Crippen molar-refractivity contribution >= 4 is 5.91 Å². The van der Waals surface area contributed by atoms with E-state index in [1.165, 1.54) is 39.9 Å². The molecular weight excluding hydrogens is 373 g/mol. The zero-order valence-corrected chi connectivity index (χ0v) is 17.2. The first kappa shape index (κ1) is 21.0. The van der Waals surface area contributed by atoms with Crippen LogP contribution in [0.15, 0.2) is 36.4 Å². The average Bonchev–Trinajstić information content (AvgIpc) is 2.77. The summed E-state index contributed by atoms with van der Waals surface area (Å²) in [4.78, 5) is 15.4. The fraction of sp³-hybridized carbons (Fsp3) is 0.435. The van der Waals surface area contributed by atoms with Gasteiger partial charge in [-0.05, 0) is 42.7 Å². The SMILES string of the molecule is COc1cc(C(=O)N(Cc2ccc(F)cc2)C2CCCCC2)cc(OC)c1OC. The summed E-state index contributed by atoms with van der Waals surface area (Å²) in [6.45, 7) is 0.431. The molecule has 0 saturated heterocycles. The zero-order chi connectivity index (χ0) is 20.8. The van der Waals surface area contributed by atoms with Crippen LogP contribution in [-0.2, 0) is 6.54 Å². The Balaban J connectivity index is 1.96. The van der Waals surface area contributed by atoms with Gasteiger partial charge in [-0.3, -0.25) is 4.79 Å². The van der Waals surface area contributed by atoms with Crippen LogP contribution in [0, 0.1) is 5.82 Å². The third kappa shape index (κ3) is 4.81. The summed E-state index contributed by atoms with van der Waals surface area (Å²) in [5, 5.41) is 0. The lowest BCUT2D eigenvalue weighted by molar-refractivity contribution is 0.0613. The predicted molar refractivity (Wildman–Crippen MR) is 109 cm³/mol. The predicted octanol–water partition coefficient (Wildman–Crippen LogP) is 4.83. The average molecular weight is 401 g/mol. The highest BCUT2D eigenvalue weighted by atomic mass is 19.1. The molecule has 1 fully saturated rings. The second-order valence-corrected chi connectivity index (χ2v) is 7.27. The topological polar surface area (TPSA) is 48.0 Å². The molecule has 0 aliphatic heterocycles. The largest absolute Gasteiger partial charge is 0.493 e. The van der Waals surface area contributed by atoms with Crippen LogP contribution < -0.4 is 14.2 Å². The molecule has 0 heterocycles. The van der Waals surface area contributed by atoms with Crippen molar-refractivity contribution in [2.24, 2.45) is 0 Å². The Kier molecular flexibility index (Phi) is 6.96. The highest BCUT2D eigenvalue weighted by Crippen LogP contribution is 2.39. The molecule has 1 aliphatic carbocycles. The van der Waals surface area contributed by atoms with E-state index in [4.69, 9.17) is 14.2 Å². The lowest BCUT2D eigenvalue weighted by atomic mass is 9.93. The molecule has 2 aromatic carbocycles. The van der Waals surface area contributed by atoms with Gasteiger partial charge in [0.15, 0.2) is 11.5 Å². The summed E-state index contributed by atoms with van der Waals surface area (Å²) < 4.78 is 29.5. The van der Waals surface area contributed by atoms with E-state index < -0.39 is 0 Å². The van der Waals surface area contributed by atoms with E-state index >= 15 is 0 Å². The molecule has 1 aliphatic rings. The fourth-order valence-electron chi connectivity index (χ4n) is 3.92. The van der Waals surface area contributed by atoms with Gasteiger partial charge in [0.1, 0.15) is 5.82 Å². The van der Waals surface area contributed by atoms with Gasteiger partial charge in [0.25, 0.3) is 5.91 Å². The first-order valence-corrected chi connectivity index (χ1v) is 9.92. The molecular formula is C23H28FNO4. The van der Waals surface area contributed by atoms with Crippen molar-refractivity contribution in [3.63, 3.8) is 0 Å². The van der Waals surface area contributed by atoms with Crippen molar-refractivity contribution in [2.45, 2.75) is 44.7 Å². The van der Waals surface area contributed by atoms with Crippen molar-refractivity contribution in [3.05, 3.63) is 53.3 Å². The van der Waals surface area contributed by atoms with Crippen LogP contribution in [0.2, 0.25) is 0 Å². The van der Waals surface area contributed by atoms with Crippen molar-refractivity contribution in [2.75, 3.05) is 21.3 Å². The van der Waals surface area contributed by atoms with Crippen molar-refractivity contribution in [1.82, 2.24) is 4.90 Å². The van der Waals surface area contributed by atoms with Gasteiger partial charge in [-0.1, -0.05) is 31.4 Å². The first-order valence-electron chi connectivity index (χ1n) is 9.92. The molecule has 156 valence electrons. The third-order valence-corrected chi connectivity index (χ3v) is 5.45. The normalized spacial score (nSPS) is 14.3.